The average molecular weight is 294 g/mol. The molecule has 1 heterocycles. The Bertz CT molecular complexity index is 668. The van der Waals surface area contributed by atoms with E-state index in [2.05, 4.69) is 10.3 Å². The molecule has 0 atom stereocenters. The Morgan fingerprint density at radius 3 is 2.71 bits per heavy atom. The summed E-state index contributed by atoms with van der Waals surface area (Å²) in [5.41, 5.74) is -0.681. The number of rotatable bonds is 4. The van der Waals surface area contributed by atoms with Crippen molar-refractivity contribution in [1.29, 1.82) is 5.26 Å². The maximum absolute atomic E-state index is 12.9. The first kappa shape index (κ1) is 14.9. The van der Waals surface area contributed by atoms with E-state index in [9.17, 15) is 13.2 Å². The molecule has 0 amide bonds. The molecule has 4 nitrogen and oxygen atoms in total. The minimum absolute atomic E-state index is 0.0873. The lowest BCUT2D eigenvalue weighted by molar-refractivity contribution is -0.136. The first-order valence-electron chi connectivity index (χ1n) is 6.23. The highest BCUT2D eigenvalue weighted by Crippen LogP contribution is 2.35. The van der Waals surface area contributed by atoms with E-state index in [0.717, 1.165) is 18.0 Å². The van der Waals surface area contributed by atoms with Gasteiger partial charge in [0.2, 0.25) is 0 Å². The lowest BCUT2D eigenvalue weighted by Crippen LogP contribution is -2.14. The summed E-state index contributed by atoms with van der Waals surface area (Å²) in [4.78, 5) is 4.10. The van der Waals surface area contributed by atoms with Gasteiger partial charge in [-0.15, -0.1) is 0 Å². The zero-order valence-corrected chi connectivity index (χ0v) is 11.3. The molecule has 0 aliphatic rings. The average Bonchev–Trinajstić information content (AvgIpc) is 2.83. The monoisotopic (exact) mass is 294 g/mol. The number of nitrogens with zero attached hydrogens (tertiary/aromatic N) is 3. The van der Waals surface area contributed by atoms with E-state index < -0.39 is 11.7 Å². The smallest absolute Gasteiger partial charge is 0.384 e. The van der Waals surface area contributed by atoms with Gasteiger partial charge in [-0.05, 0) is 18.2 Å². The van der Waals surface area contributed by atoms with Crippen LogP contribution in [-0.2, 0) is 19.6 Å². The van der Waals surface area contributed by atoms with Crippen molar-refractivity contribution in [1.82, 2.24) is 9.55 Å². The highest BCUT2D eigenvalue weighted by molar-refractivity contribution is 5.57. The summed E-state index contributed by atoms with van der Waals surface area (Å²) >= 11 is 0. The van der Waals surface area contributed by atoms with Gasteiger partial charge in [0.05, 0.1) is 17.2 Å². The van der Waals surface area contributed by atoms with Crippen molar-refractivity contribution in [2.45, 2.75) is 12.6 Å². The fourth-order valence-corrected chi connectivity index (χ4v) is 1.95. The molecular weight excluding hydrogens is 281 g/mol. The molecule has 21 heavy (non-hydrogen) atoms. The number of nitrogens with one attached hydrogen (secondary N) is 1. The normalized spacial score (nSPS) is 11.2. The number of halogens is 3. The van der Waals surface area contributed by atoms with Crippen LogP contribution in [-0.4, -0.2) is 16.1 Å². The predicted octanol–water partition coefficient (Wildman–Crippen LogP) is 2.97. The summed E-state index contributed by atoms with van der Waals surface area (Å²) in [7, 11) is 1.82. The molecule has 2 aromatic rings. The van der Waals surface area contributed by atoms with Crippen LogP contribution in [0.25, 0.3) is 0 Å². The van der Waals surface area contributed by atoms with Crippen LogP contribution in [0.4, 0.5) is 18.9 Å². The molecule has 1 aromatic carbocycles. The van der Waals surface area contributed by atoms with Crippen LogP contribution in [0.1, 0.15) is 17.0 Å². The standard InChI is InChI=1S/C14H13F3N4/c1-21-7-6-20-13(21)4-5-19-12-8-10(9-18)2-3-11(12)14(15,16)17/h2-3,6-8,19H,4-5H2,1H3. The van der Waals surface area contributed by atoms with E-state index in [-0.39, 0.29) is 11.3 Å². The molecule has 7 heteroatoms. The molecule has 0 aliphatic carbocycles. The summed E-state index contributed by atoms with van der Waals surface area (Å²) in [5, 5.41) is 11.5. The number of aryl methyl sites for hydroxylation is 1. The minimum atomic E-state index is -4.46. The van der Waals surface area contributed by atoms with Crippen molar-refractivity contribution in [3.63, 3.8) is 0 Å². The quantitative estimate of drug-likeness (QED) is 0.943. The Hall–Kier alpha value is -2.49. The first-order valence-corrected chi connectivity index (χ1v) is 6.23. The van der Waals surface area contributed by atoms with Gasteiger partial charge < -0.3 is 9.88 Å². The molecule has 0 saturated carbocycles. The number of anilines is 1. The molecule has 0 fully saturated rings. The van der Waals surface area contributed by atoms with Crippen LogP contribution < -0.4 is 5.32 Å². The molecule has 1 aromatic heterocycles. The number of imidazole rings is 1. The zero-order valence-electron chi connectivity index (χ0n) is 11.3. The second kappa shape index (κ2) is 5.87. The minimum Gasteiger partial charge on any atom is -0.384 e. The van der Waals surface area contributed by atoms with Gasteiger partial charge in [0.15, 0.2) is 0 Å². The van der Waals surface area contributed by atoms with Crippen molar-refractivity contribution < 1.29 is 13.2 Å². The molecule has 0 unspecified atom stereocenters. The number of benzene rings is 1. The predicted molar refractivity (Wildman–Crippen MR) is 71.6 cm³/mol. The molecule has 2 rings (SSSR count). The lowest BCUT2D eigenvalue weighted by Gasteiger charge is -2.14. The van der Waals surface area contributed by atoms with Crippen molar-refractivity contribution >= 4 is 5.69 Å². The SMILES string of the molecule is Cn1ccnc1CCNc1cc(C#N)ccc1C(F)(F)F. The van der Waals surface area contributed by atoms with Gasteiger partial charge in [0, 0.05) is 38.1 Å². The van der Waals surface area contributed by atoms with E-state index >= 15 is 0 Å². The van der Waals surface area contributed by atoms with Crippen LogP contribution in [0.15, 0.2) is 30.6 Å². The third-order valence-electron chi connectivity index (χ3n) is 3.04. The maximum atomic E-state index is 12.9. The number of hydrogen-bond acceptors (Lipinski definition) is 3. The Labute approximate surface area is 119 Å². The molecule has 1 N–H and O–H groups in total. The van der Waals surface area contributed by atoms with E-state index in [1.165, 1.54) is 6.07 Å². The van der Waals surface area contributed by atoms with Gasteiger partial charge in [-0.1, -0.05) is 0 Å². The summed E-state index contributed by atoms with van der Waals surface area (Å²) in [5.74, 6) is 0.771. The first-order chi connectivity index (χ1) is 9.91. The summed E-state index contributed by atoms with van der Waals surface area (Å²) < 4.78 is 40.5. The van der Waals surface area contributed by atoms with Crippen LogP contribution in [0, 0.1) is 11.3 Å². The van der Waals surface area contributed by atoms with Crippen LogP contribution in [0.2, 0.25) is 0 Å². The Kier molecular flexibility index (Phi) is 4.17. The van der Waals surface area contributed by atoms with Crippen molar-refractivity contribution in [2.75, 3.05) is 11.9 Å². The molecule has 0 radical (unpaired) electrons. The van der Waals surface area contributed by atoms with Gasteiger partial charge in [-0.2, -0.15) is 18.4 Å². The van der Waals surface area contributed by atoms with E-state index in [0.29, 0.717) is 13.0 Å². The largest absolute Gasteiger partial charge is 0.418 e. The number of hydrogen-bond donors (Lipinski definition) is 1. The number of alkyl halides is 3. The van der Waals surface area contributed by atoms with Gasteiger partial charge in [0.25, 0.3) is 0 Å². The molecule has 0 saturated heterocycles. The van der Waals surface area contributed by atoms with Crippen molar-refractivity contribution in [2.24, 2.45) is 7.05 Å². The number of nitriles is 1. The fourth-order valence-electron chi connectivity index (χ4n) is 1.95. The Balaban J connectivity index is 2.14. The summed E-state index contributed by atoms with van der Waals surface area (Å²) in [6, 6.07) is 5.12. The topological polar surface area (TPSA) is 53.6 Å². The van der Waals surface area contributed by atoms with Gasteiger partial charge in [0.1, 0.15) is 5.82 Å². The molecule has 0 aliphatic heterocycles. The maximum Gasteiger partial charge on any atom is 0.418 e. The third-order valence-corrected chi connectivity index (χ3v) is 3.04. The molecule has 0 bridgehead atoms. The summed E-state index contributed by atoms with van der Waals surface area (Å²) in [6.45, 7) is 0.294. The van der Waals surface area contributed by atoms with Crippen molar-refractivity contribution in [3.05, 3.63) is 47.5 Å². The second-order valence-corrected chi connectivity index (χ2v) is 4.50. The van der Waals surface area contributed by atoms with E-state index in [4.69, 9.17) is 5.26 Å². The second-order valence-electron chi connectivity index (χ2n) is 4.50. The fraction of sp³-hybridized carbons (Fsp3) is 0.286. The number of aromatic nitrogens is 2. The molecule has 0 spiro atoms. The van der Waals surface area contributed by atoms with Crippen LogP contribution in [0.3, 0.4) is 0 Å². The van der Waals surface area contributed by atoms with Gasteiger partial charge in [-0.3, -0.25) is 0 Å². The zero-order chi connectivity index (χ0) is 15.5. The Morgan fingerprint density at radius 1 is 1.38 bits per heavy atom. The molecule has 110 valence electrons. The van der Waals surface area contributed by atoms with Crippen LogP contribution >= 0.6 is 0 Å². The highest BCUT2D eigenvalue weighted by Gasteiger charge is 2.33. The van der Waals surface area contributed by atoms with Gasteiger partial charge >= 0.3 is 6.18 Å². The van der Waals surface area contributed by atoms with Crippen molar-refractivity contribution in [3.8, 4) is 6.07 Å². The van der Waals surface area contributed by atoms with Crippen LogP contribution in [0.5, 0.6) is 0 Å². The molecular formula is C14H13F3N4. The van der Waals surface area contributed by atoms with E-state index in [1.807, 2.05) is 13.1 Å². The highest BCUT2D eigenvalue weighted by atomic mass is 19.4. The van der Waals surface area contributed by atoms with E-state index in [1.54, 1.807) is 17.0 Å². The van der Waals surface area contributed by atoms with Gasteiger partial charge in [-0.25, -0.2) is 4.98 Å². The summed E-state index contributed by atoms with van der Waals surface area (Å²) in [6.07, 6.45) is -0.573. The Morgan fingerprint density at radius 2 is 2.14 bits per heavy atom. The lowest BCUT2D eigenvalue weighted by atomic mass is 10.1. The third kappa shape index (κ3) is 3.54.